The summed E-state index contributed by atoms with van der Waals surface area (Å²) in [5.41, 5.74) is 0.545. The van der Waals surface area contributed by atoms with E-state index in [2.05, 4.69) is 10.6 Å². The lowest BCUT2D eigenvalue weighted by atomic mass is 10.2. The summed E-state index contributed by atoms with van der Waals surface area (Å²) >= 11 is 0. The van der Waals surface area contributed by atoms with E-state index >= 15 is 0 Å². The minimum atomic E-state index is -0.179. The minimum Gasteiger partial charge on any atom is -0.494 e. The Kier molecular flexibility index (Phi) is 5.70. The molecule has 0 saturated heterocycles. The summed E-state index contributed by atoms with van der Waals surface area (Å²) in [6, 6.07) is 6.98. The van der Waals surface area contributed by atoms with Gasteiger partial charge in [-0.05, 0) is 25.1 Å². The highest BCUT2D eigenvalue weighted by molar-refractivity contribution is 5.94. The van der Waals surface area contributed by atoms with Crippen molar-refractivity contribution in [2.45, 2.75) is 13.8 Å². The molecule has 2 N–H and O–H groups in total. The van der Waals surface area contributed by atoms with E-state index in [4.69, 9.17) is 4.74 Å². The lowest BCUT2D eigenvalue weighted by Gasteiger charge is -2.07. The zero-order chi connectivity index (χ0) is 13.4. The molecule has 1 aromatic carbocycles. The van der Waals surface area contributed by atoms with Gasteiger partial charge in [0, 0.05) is 25.6 Å². The molecule has 5 nitrogen and oxygen atoms in total. The van der Waals surface area contributed by atoms with Crippen LogP contribution in [-0.4, -0.2) is 31.5 Å². The van der Waals surface area contributed by atoms with Crippen molar-refractivity contribution in [2.75, 3.05) is 19.7 Å². The van der Waals surface area contributed by atoms with Crippen LogP contribution in [-0.2, 0) is 4.79 Å². The largest absolute Gasteiger partial charge is 0.494 e. The Hall–Kier alpha value is -2.04. The van der Waals surface area contributed by atoms with E-state index in [1.807, 2.05) is 6.92 Å². The maximum atomic E-state index is 11.8. The second-order valence-corrected chi connectivity index (χ2v) is 3.70. The Bertz CT molecular complexity index is 418. The molecule has 1 aromatic rings. The van der Waals surface area contributed by atoms with E-state index in [1.54, 1.807) is 24.3 Å². The van der Waals surface area contributed by atoms with Gasteiger partial charge in [0.2, 0.25) is 5.91 Å². The second-order valence-electron chi connectivity index (χ2n) is 3.70. The molecule has 0 radical (unpaired) electrons. The molecule has 5 heteroatoms. The molecule has 0 spiro atoms. The third-order valence-corrected chi connectivity index (χ3v) is 2.19. The van der Waals surface area contributed by atoms with Crippen LogP contribution in [0.1, 0.15) is 24.2 Å². The maximum Gasteiger partial charge on any atom is 0.251 e. The van der Waals surface area contributed by atoms with Crippen LogP contribution in [0.25, 0.3) is 0 Å². The first kappa shape index (κ1) is 14.0. The van der Waals surface area contributed by atoms with Gasteiger partial charge in [-0.15, -0.1) is 0 Å². The number of amides is 2. The normalized spacial score (nSPS) is 9.67. The van der Waals surface area contributed by atoms with Crippen molar-refractivity contribution in [2.24, 2.45) is 0 Å². The highest BCUT2D eigenvalue weighted by Gasteiger charge is 2.05. The number of carbonyl (C=O) groups is 2. The molecule has 18 heavy (non-hydrogen) atoms. The topological polar surface area (TPSA) is 67.4 Å². The molecule has 0 aliphatic rings. The van der Waals surface area contributed by atoms with E-state index < -0.39 is 0 Å². The van der Waals surface area contributed by atoms with Gasteiger partial charge in [0.05, 0.1) is 6.61 Å². The Morgan fingerprint density at radius 2 is 1.94 bits per heavy atom. The molecule has 0 atom stereocenters. The minimum absolute atomic E-state index is 0.109. The fourth-order valence-corrected chi connectivity index (χ4v) is 1.41. The Morgan fingerprint density at radius 1 is 1.22 bits per heavy atom. The summed E-state index contributed by atoms with van der Waals surface area (Å²) in [7, 11) is 0. The number of ether oxygens (including phenoxy) is 1. The SMILES string of the molecule is CCOc1cccc(C(=O)NCCNC(C)=O)c1. The van der Waals surface area contributed by atoms with Crippen LogP contribution in [0, 0.1) is 0 Å². The van der Waals surface area contributed by atoms with Crippen molar-refractivity contribution in [1.29, 1.82) is 0 Å². The number of hydrogen-bond acceptors (Lipinski definition) is 3. The Balaban J connectivity index is 2.45. The average molecular weight is 250 g/mol. The zero-order valence-corrected chi connectivity index (χ0v) is 10.7. The first-order chi connectivity index (χ1) is 8.63. The number of rotatable bonds is 6. The molecule has 1 rings (SSSR count). The number of nitrogens with one attached hydrogen (secondary N) is 2. The molecule has 0 aliphatic carbocycles. The highest BCUT2D eigenvalue weighted by atomic mass is 16.5. The standard InChI is InChI=1S/C13H18N2O3/c1-3-18-12-6-4-5-11(9-12)13(17)15-8-7-14-10(2)16/h4-6,9H,3,7-8H2,1-2H3,(H,14,16)(H,15,17). The van der Waals surface area contributed by atoms with Crippen molar-refractivity contribution < 1.29 is 14.3 Å². The molecule has 0 saturated carbocycles. The molecule has 0 heterocycles. The zero-order valence-electron chi connectivity index (χ0n) is 10.7. The van der Waals surface area contributed by atoms with Gasteiger partial charge in [0.25, 0.3) is 5.91 Å². The monoisotopic (exact) mass is 250 g/mol. The van der Waals surface area contributed by atoms with Crippen molar-refractivity contribution in [3.8, 4) is 5.75 Å². The van der Waals surface area contributed by atoms with Crippen molar-refractivity contribution in [3.63, 3.8) is 0 Å². The lowest BCUT2D eigenvalue weighted by molar-refractivity contribution is -0.118. The molecule has 98 valence electrons. The molecular weight excluding hydrogens is 232 g/mol. The summed E-state index contributed by atoms with van der Waals surface area (Å²) in [5.74, 6) is 0.386. The van der Waals surface area contributed by atoms with E-state index in [1.165, 1.54) is 6.92 Å². The van der Waals surface area contributed by atoms with Crippen LogP contribution >= 0.6 is 0 Å². The van der Waals surface area contributed by atoms with Crippen LogP contribution in [0.2, 0.25) is 0 Å². The molecule has 0 aromatic heterocycles. The Morgan fingerprint density at radius 3 is 2.61 bits per heavy atom. The van der Waals surface area contributed by atoms with Gasteiger partial charge in [-0.1, -0.05) is 6.07 Å². The summed E-state index contributed by atoms with van der Waals surface area (Å²) in [4.78, 5) is 22.4. The van der Waals surface area contributed by atoms with Crippen LogP contribution in [0.4, 0.5) is 0 Å². The van der Waals surface area contributed by atoms with Gasteiger partial charge >= 0.3 is 0 Å². The maximum absolute atomic E-state index is 11.8. The smallest absolute Gasteiger partial charge is 0.251 e. The molecule has 0 aliphatic heterocycles. The third kappa shape index (κ3) is 4.86. The first-order valence-corrected chi connectivity index (χ1v) is 5.89. The quantitative estimate of drug-likeness (QED) is 0.739. The van der Waals surface area contributed by atoms with Gasteiger partial charge in [-0.25, -0.2) is 0 Å². The molecule has 0 fully saturated rings. The predicted molar refractivity (Wildman–Crippen MR) is 68.6 cm³/mol. The fraction of sp³-hybridized carbons (Fsp3) is 0.385. The first-order valence-electron chi connectivity index (χ1n) is 5.89. The Labute approximate surface area is 107 Å². The van der Waals surface area contributed by atoms with Gasteiger partial charge in [-0.3, -0.25) is 9.59 Å². The van der Waals surface area contributed by atoms with Crippen LogP contribution in [0.3, 0.4) is 0 Å². The summed E-state index contributed by atoms with van der Waals surface area (Å²) in [6.45, 7) is 4.71. The summed E-state index contributed by atoms with van der Waals surface area (Å²) in [5, 5.41) is 5.32. The summed E-state index contributed by atoms with van der Waals surface area (Å²) in [6.07, 6.45) is 0. The van der Waals surface area contributed by atoms with E-state index in [0.29, 0.717) is 31.0 Å². The third-order valence-electron chi connectivity index (χ3n) is 2.19. The number of benzene rings is 1. The lowest BCUT2D eigenvalue weighted by Crippen LogP contribution is -2.33. The molecule has 0 unspecified atom stereocenters. The van der Waals surface area contributed by atoms with Crippen LogP contribution < -0.4 is 15.4 Å². The van der Waals surface area contributed by atoms with Gasteiger partial charge in [-0.2, -0.15) is 0 Å². The number of hydrogen-bond donors (Lipinski definition) is 2. The number of carbonyl (C=O) groups excluding carboxylic acids is 2. The molecule has 0 bridgehead atoms. The van der Waals surface area contributed by atoms with Gasteiger partial charge < -0.3 is 15.4 Å². The van der Waals surface area contributed by atoms with E-state index in [-0.39, 0.29) is 11.8 Å². The highest BCUT2D eigenvalue weighted by Crippen LogP contribution is 2.12. The summed E-state index contributed by atoms with van der Waals surface area (Å²) < 4.78 is 5.32. The molecule has 2 amide bonds. The van der Waals surface area contributed by atoms with Crippen molar-refractivity contribution in [3.05, 3.63) is 29.8 Å². The molecular formula is C13H18N2O3. The van der Waals surface area contributed by atoms with Crippen molar-refractivity contribution >= 4 is 11.8 Å². The van der Waals surface area contributed by atoms with Gasteiger partial charge in [0.1, 0.15) is 5.75 Å². The second kappa shape index (κ2) is 7.32. The predicted octanol–water partition coefficient (Wildman–Crippen LogP) is 0.951. The average Bonchev–Trinajstić information content (AvgIpc) is 2.35. The van der Waals surface area contributed by atoms with Crippen molar-refractivity contribution in [1.82, 2.24) is 10.6 Å². The fourth-order valence-electron chi connectivity index (χ4n) is 1.41. The van der Waals surface area contributed by atoms with E-state index in [0.717, 1.165) is 0 Å². The van der Waals surface area contributed by atoms with Gasteiger partial charge in [0.15, 0.2) is 0 Å². The van der Waals surface area contributed by atoms with E-state index in [9.17, 15) is 9.59 Å². The van der Waals surface area contributed by atoms with Crippen LogP contribution in [0.15, 0.2) is 24.3 Å². The van der Waals surface area contributed by atoms with Crippen LogP contribution in [0.5, 0.6) is 5.75 Å².